The number of nitrogens with zero attached hydrogens (tertiary/aromatic N) is 2. The number of aromatic nitrogens is 2. The Morgan fingerprint density at radius 1 is 1.53 bits per heavy atom. The Morgan fingerprint density at radius 2 is 2.32 bits per heavy atom. The van der Waals surface area contributed by atoms with E-state index in [-0.39, 0.29) is 5.60 Å². The first kappa shape index (κ1) is 13.5. The van der Waals surface area contributed by atoms with Crippen molar-refractivity contribution >= 4 is 11.8 Å². The summed E-state index contributed by atoms with van der Waals surface area (Å²) in [6.45, 7) is 0.782. The maximum absolute atomic E-state index is 10.6. The van der Waals surface area contributed by atoms with Crippen LogP contribution in [0.15, 0.2) is 12.5 Å². The molecule has 0 bridgehead atoms. The number of ether oxygens (including phenoxy) is 1. The number of rotatable bonds is 2. The van der Waals surface area contributed by atoms with Gasteiger partial charge in [-0.15, -0.1) is 0 Å². The highest BCUT2D eigenvalue weighted by molar-refractivity contribution is 7.99. The Hall–Kier alpha value is -0.520. The molecule has 2 atom stereocenters. The quantitative estimate of drug-likeness (QED) is 0.903. The smallest absolute Gasteiger partial charge is 0.0985 e. The van der Waals surface area contributed by atoms with Crippen molar-refractivity contribution in [3.05, 3.63) is 18.2 Å². The molecule has 1 spiro atoms. The van der Waals surface area contributed by atoms with E-state index >= 15 is 0 Å². The first-order valence-corrected chi connectivity index (χ1v) is 8.22. The van der Waals surface area contributed by atoms with Crippen LogP contribution in [-0.4, -0.2) is 38.4 Å². The first-order chi connectivity index (χ1) is 9.20. The van der Waals surface area contributed by atoms with Crippen molar-refractivity contribution in [1.82, 2.24) is 9.55 Å². The van der Waals surface area contributed by atoms with Crippen LogP contribution in [0.2, 0.25) is 0 Å². The van der Waals surface area contributed by atoms with Crippen LogP contribution in [0.4, 0.5) is 0 Å². The summed E-state index contributed by atoms with van der Waals surface area (Å²) in [4.78, 5) is 4.11. The summed E-state index contributed by atoms with van der Waals surface area (Å²) in [5, 5.41) is 10.6. The topological polar surface area (TPSA) is 47.3 Å². The summed E-state index contributed by atoms with van der Waals surface area (Å²) in [7, 11) is 1.94. The predicted octanol–water partition coefficient (Wildman–Crippen LogP) is 2.15. The summed E-state index contributed by atoms with van der Waals surface area (Å²) in [5.41, 5.74) is 0.959. The van der Waals surface area contributed by atoms with Gasteiger partial charge in [-0.2, -0.15) is 11.8 Å². The van der Waals surface area contributed by atoms with Crippen molar-refractivity contribution < 1.29 is 9.84 Å². The van der Waals surface area contributed by atoms with Crippen molar-refractivity contribution in [1.29, 1.82) is 0 Å². The number of aliphatic hydroxyl groups is 1. The van der Waals surface area contributed by atoms with E-state index in [9.17, 15) is 5.11 Å². The summed E-state index contributed by atoms with van der Waals surface area (Å²) in [5.74, 6) is 2.68. The average molecular weight is 282 g/mol. The number of thioether (sulfide) groups is 1. The lowest BCUT2D eigenvalue weighted by Gasteiger charge is -2.44. The molecule has 0 aromatic carbocycles. The molecule has 2 unspecified atom stereocenters. The van der Waals surface area contributed by atoms with Gasteiger partial charge in [0.2, 0.25) is 0 Å². The lowest BCUT2D eigenvalue weighted by molar-refractivity contribution is -0.122. The van der Waals surface area contributed by atoms with E-state index in [0.29, 0.717) is 5.92 Å². The standard InChI is InChI=1S/C14H22N2O2S/c1-16-10-15-9-12(16)13(17)11-2-5-18-14(8-11)3-6-19-7-4-14/h9-11,13,17H,2-8H2,1H3. The average Bonchev–Trinajstić information content (AvgIpc) is 2.85. The number of aryl methyl sites for hydroxylation is 1. The minimum absolute atomic E-state index is 0.0355. The molecule has 0 saturated carbocycles. The zero-order valence-corrected chi connectivity index (χ0v) is 12.2. The molecule has 0 aliphatic carbocycles. The van der Waals surface area contributed by atoms with Crippen LogP contribution in [0.1, 0.15) is 37.5 Å². The molecule has 2 saturated heterocycles. The third kappa shape index (κ3) is 2.69. The zero-order valence-electron chi connectivity index (χ0n) is 11.4. The highest BCUT2D eigenvalue weighted by Crippen LogP contribution is 2.43. The van der Waals surface area contributed by atoms with Crippen molar-refractivity contribution in [2.75, 3.05) is 18.1 Å². The first-order valence-electron chi connectivity index (χ1n) is 7.06. The second kappa shape index (κ2) is 5.46. The third-order valence-electron chi connectivity index (χ3n) is 4.54. The van der Waals surface area contributed by atoms with Crippen LogP contribution in [0.5, 0.6) is 0 Å². The molecule has 3 rings (SSSR count). The highest BCUT2D eigenvalue weighted by atomic mass is 32.2. The summed E-state index contributed by atoms with van der Waals surface area (Å²) in [6.07, 6.45) is 7.32. The maximum Gasteiger partial charge on any atom is 0.0985 e. The zero-order chi connectivity index (χ0) is 13.3. The van der Waals surface area contributed by atoms with Gasteiger partial charge in [0, 0.05) is 13.7 Å². The van der Waals surface area contributed by atoms with Crippen LogP contribution in [0, 0.1) is 5.92 Å². The maximum atomic E-state index is 10.6. The molecule has 1 aromatic rings. The SMILES string of the molecule is Cn1cncc1C(O)C1CCOC2(CCSCC2)C1. The molecule has 1 aromatic heterocycles. The van der Waals surface area contributed by atoms with Gasteiger partial charge < -0.3 is 14.4 Å². The van der Waals surface area contributed by atoms with Crippen LogP contribution in [0.25, 0.3) is 0 Å². The fourth-order valence-corrected chi connectivity index (χ4v) is 4.56. The van der Waals surface area contributed by atoms with Crippen molar-refractivity contribution in [3.63, 3.8) is 0 Å². The van der Waals surface area contributed by atoms with Crippen molar-refractivity contribution in [2.45, 2.75) is 37.4 Å². The molecule has 19 heavy (non-hydrogen) atoms. The van der Waals surface area contributed by atoms with Crippen LogP contribution < -0.4 is 0 Å². The minimum Gasteiger partial charge on any atom is -0.387 e. The Bertz CT molecular complexity index is 423. The number of imidazole rings is 1. The molecule has 2 aliphatic heterocycles. The Balaban J connectivity index is 1.72. The second-order valence-corrected chi connectivity index (χ2v) is 7.00. The lowest BCUT2D eigenvalue weighted by atomic mass is 9.79. The summed E-state index contributed by atoms with van der Waals surface area (Å²) >= 11 is 2.02. The third-order valence-corrected chi connectivity index (χ3v) is 5.52. The van der Waals surface area contributed by atoms with E-state index in [1.165, 1.54) is 11.5 Å². The molecule has 4 nitrogen and oxygen atoms in total. The summed E-state index contributed by atoms with van der Waals surface area (Å²) in [6, 6.07) is 0. The largest absolute Gasteiger partial charge is 0.387 e. The normalized spacial score (nSPS) is 28.4. The summed E-state index contributed by atoms with van der Waals surface area (Å²) < 4.78 is 8.01. The van der Waals surface area contributed by atoms with E-state index in [0.717, 1.165) is 38.0 Å². The molecule has 0 radical (unpaired) electrons. The van der Waals surface area contributed by atoms with Gasteiger partial charge in [0.25, 0.3) is 0 Å². The molecule has 106 valence electrons. The number of hydrogen-bond acceptors (Lipinski definition) is 4. The Kier molecular flexibility index (Phi) is 3.87. The molecule has 1 N–H and O–H groups in total. The molecular weight excluding hydrogens is 260 g/mol. The predicted molar refractivity (Wildman–Crippen MR) is 76.1 cm³/mol. The lowest BCUT2D eigenvalue weighted by Crippen LogP contribution is -2.44. The van der Waals surface area contributed by atoms with E-state index in [2.05, 4.69) is 4.98 Å². The highest BCUT2D eigenvalue weighted by Gasteiger charge is 2.41. The van der Waals surface area contributed by atoms with Crippen LogP contribution in [0.3, 0.4) is 0 Å². The van der Waals surface area contributed by atoms with Gasteiger partial charge in [-0.05, 0) is 43.1 Å². The van der Waals surface area contributed by atoms with E-state index in [1.807, 2.05) is 23.4 Å². The molecule has 2 fully saturated rings. The van der Waals surface area contributed by atoms with Crippen LogP contribution >= 0.6 is 11.8 Å². The van der Waals surface area contributed by atoms with Crippen molar-refractivity contribution in [3.8, 4) is 0 Å². The van der Waals surface area contributed by atoms with Crippen molar-refractivity contribution in [2.24, 2.45) is 13.0 Å². The van der Waals surface area contributed by atoms with E-state index < -0.39 is 6.10 Å². The molecule has 3 heterocycles. The van der Waals surface area contributed by atoms with Gasteiger partial charge in [0.1, 0.15) is 0 Å². The van der Waals surface area contributed by atoms with Gasteiger partial charge in [-0.3, -0.25) is 0 Å². The Morgan fingerprint density at radius 3 is 3.00 bits per heavy atom. The van der Waals surface area contributed by atoms with E-state index in [1.54, 1.807) is 12.5 Å². The molecular formula is C14H22N2O2S. The molecule has 2 aliphatic rings. The van der Waals surface area contributed by atoms with Gasteiger partial charge in [-0.1, -0.05) is 0 Å². The van der Waals surface area contributed by atoms with Gasteiger partial charge in [-0.25, -0.2) is 4.98 Å². The van der Waals surface area contributed by atoms with Gasteiger partial charge in [0.15, 0.2) is 0 Å². The number of hydrogen-bond donors (Lipinski definition) is 1. The van der Waals surface area contributed by atoms with Gasteiger partial charge in [0.05, 0.1) is 29.9 Å². The Labute approximate surface area is 118 Å². The second-order valence-electron chi connectivity index (χ2n) is 5.77. The monoisotopic (exact) mass is 282 g/mol. The van der Waals surface area contributed by atoms with E-state index in [4.69, 9.17) is 4.74 Å². The fraction of sp³-hybridized carbons (Fsp3) is 0.786. The number of aliphatic hydroxyl groups excluding tert-OH is 1. The minimum atomic E-state index is -0.414. The van der Waals surface area contributed by atoms with Gasteiger partial charge >= 0.3 is 0 Å². The van der Waals surface area contributed by atoms with Crippen LogP contribution in [-0.2, 0) is 11.8 Å². The molecule has 5 heteroatoms. The fourth-order valence-electron chi connectivity index (χ4n) is 3.32. The molecule has 0 amide bonds.